The highest BCUT2D eigenvalue weighted by Gasteiger charge is 2.13. The Morgan fingerprint density at radius 1 is 0.586 bits per heavy atom. The Bertz CT molecular complexity index is 1200. The molecule has 0 saturated heterocycles. The zero-order chi connectivity index (χ0) is 19.6. The number of hydrogen-bond acceptors (Lipinski definition) is 2. The maximum Gasteiger partial charge on any atom is 0.135 e. The molecular weight excluding hydrogens is 354 g/mol. The molecule has 0 bridgehead atoms. The smallest absolute Gasteiger partial charge is 0.135 e. The Hall–Kier alpha value is -3.78. The van der Waals surface area contributed by atoms with Crippen LogP contribution in [0.4, 0.5) is 17.1 Å². The van der Waals surface area contributed by atoms with E-state index in [2.05, 4.69) is 109 Å². The number of aryl methyl sites for hydroxylation is 1. The molecule has 1 heterocycles. The Morgan fingerprint density at radius 3 is 1.79 bits per heavy atom. The monoisotopic (exact) mass is 375 g/mol. The van der Waals surface area contributed by atoms with Gasteiger partial charge in [0.2, 0.25) is 0 Å². The van der Waals surface area contributed by atoms with Crippen molar-refractivity contribution in [1.29, 1.82) is 0 Å². The number of rotatable bonds is 4. The summed E-state index contributed by atoms with van der Waals surface area (Å²) in [6, 6.07) is 37.8. The Labute approximate surface area is 170 Å². The van der Waals surface area contributed by atoms with Crippen molar-refractivity contribution in [2.75, 3.05) is 4.90 Å². The van der Waals surface area contributed by atoms with E-state index in [-0.39, 0.29) is 0 Å². The summed E-state index contributed by atoms with van der Waals surface area (Å²) in [7, 11) is 0. The first-order chi connectivity index (χ1) is 14.3. The van der Waals surface area contributed by atoms with Gasteiger partial charge in [0.15, 0.2) is 0 Å². The standard InChI is InChI=1S/C27H21NO/c1-20-12-13-22-19-27(29-26(22)18-20)21-14-16-25(17-15-21)28(23-8-4-2-5-9-23)24-10-6-3-7-11-24/h2-19H,1H3. The molecule has 4 aromatic carbocycles. The van der Waals surface area contributed by atoms with Crippen LogP contribution < -0.4 is 4.90 Å². The largest absolute Gasteiger partial charge is 0.456 e. The SMILES string of the molecule is Cc1ccc2cc(-c3ccc(N(c4ccccc4)c4ccccc4)cc3)oc2c1. The van der Waals surface area contributed by atoms with Crippen LogP contribution in [0.2, 0.25) is 0 Å². The van der Waals surface area contributed by atoms with Gasteiger partial charge in [-0.15, -0.1) is 0 Å². The van der Waals surface area contributed by atoms with Crippen LogP contribution in [0.1, 0.15) is 5.56 Å². The van der Waals surface area contributed by atoms with Crippen LogP contribution in [-0.4, -0.2) is 0 Å². The molecule has 140 valence electrons. The van der Waals surface area contributed by atoms with Crippen LogP contribution in [-0.2, 0) is 0 Å². The fourth-order valence-corrected chi connectivity index (χ4v) is 3.66. The lowest BCUT2D eigenvalue weighted by atomic mass is 10.1. The van der Waals surface area contributed by atoms with Crippen molar-refractivity contribution in [1.82, 2.24) is 0 Å². The Kier molecular flexibility index (Phi) is 4.38. The molecule has 0 saturated carbocycles. The summed E-state index contributed by atoms with van der Waals surface area (Å²) in [5.74, 6) is 0.892. The molecule has 0 aliphatic heterocycles. The van der Waals surface area contributed by atoms with Gasteiger partial charge in [-0.2, -0.15) is 0 Å². The topological polar surface area (TPSA) is 16.4 Å². The van der Waals surface area contributed by atoms with Crippen LogP contribution in [0.25, 0.3) is 22.3 Å². The molecule has 0 amide bonds. The molecule has 0 atom stereocenters. The predicted molar refractivity (Wildman–Crippen MR) is 121 cm³/mol. The maximum absolute atomic E-state index is 6.09. The van der Waals surface area contributed by atoms with Gasteiger partial charge in [0.05, 0.1) is 0 Å². The molecule has 0 radical (unpaired) electrons. The number of nitrogens with zero attached hydrogens (tertiary/aromatic N) is 1. The van der Waals surface area contributed by atoms with Gasteiger partial charge in [-0.1, -0.05) is 48.5 Å². The average Bonchev–Trinajstić information content (AvgIpc) is 3.19. The summed E-state index contributed by atoms with van der Waals surface area (Å²) < 4.78 is 6.09. The summed E-state index contributed by atoms with van der Waals surface area (Å²) in [5, 5.41) is 1.13. The summed E-state index contributed by atoms with van der Waals surface area (Å²) in [4.78, 5) is 2.26. The maximum atomic E-state index is 6.09. The second-order valence-corrected chi connectivity index (χ2v) is 7.21. The summed E-state index contributed by atoms with van der Waals surface area (Å²) in [6.45, 7) is 2.08. The molecule has 0 spiro atoms. The van der Waals surface area contributed by atoms with Crippen LogP contribution in [0.3, 0.4) is 0 Å². The van der Waals surface area contributed by atoms with Crippen molar-refractivity contribution in [2.45, 2.75) is 6.92 Å². The number of hydrogen-bond donors (Lipinski definition) is 0. The minimum absolute atomic E-state index is 0.892. The van der Waals surface area contributed by atoms with Crippen LogP contribution in [0, 0.1) is 6.92 Å². The van der Waals surface area contributed by atoms with E-state index in [1.54, 1.807) is 0 Å². The third-order valence-electron chi connectivity index (χ3n) is 5.11. The summed E-state index contributed by atoms with van der Waals surface area (Å²) in [6.07, 6.45) is 0. The van der Waals surface area contributed by atoms with Gasteiger partial charge >= 0.3 is 0 Å². The van der Waals surface area contributed by atoms with Gasteiger partial charge < -0.3 is 9.32 Å². The molecule has 0 aliphatic carbocycles. The number of para-hydroxylation sites is 2. The van der Waals surface area contributed by atoms with E-state index >= 15 is 0 Å². The van der Waals surface area contributed by atoms with E-state index in [0.29, 0.717) is 0 Å². The van der Waals surface area contributed by atoms with Gasteiger partial charge in [-0.05, 0) is 73.2 Å². The minimum Gasteiger partial charge on any atom is -0.456 e. The highest BCUT2D eigenvalue weighted by molar-refractivity contribution is 5.84. The van der Waals surface area contributed by atoms with Crippen LogP contribution in [0.5, 0.6) is 0 Å². The van der Waals surface area contributed by atoms with Gasteiger partial charge in [0, 0.05) is 28.0 Å². The third-order valence-corrected chi connectivity index (χ3v) is 5.11. The summed E-state index contributed by atoms with van der Waals surface area (Å²) in [5.41, 5.74) is 6.58. The zero-order valence-corrected chi connectivity index (χ0v) is 16.2. The van der Waals surface area contributed by atoms with E-state index in [0.717, 1.165) is 39.4 Å². The normalized spacial score (nSPS) is 10.9. The molecular formula is C27H21NO. The first kappa shape index (κ1) is 17.3. The van der Waals surface area contributed by atoms with Crippen molar-refractivity contribution < 1.29 is 4.42 Å². The minimum atomic E-state index is 0.892. The number of benzene rings is 4. The quantitative estimate of drug-likeness (QED) is 0.318. The zero-order valence-electron chi connectivity index (χ0n) is 16.2. The van der Waals surface area contributed by atoms with Gasteiger partial charge in [0.1, 0.15) is 11.3 Å². The van der Waals surface area contributed by atoms with E-state index < -0.39 is 0 Å². The van der Waals surface area contributed by atoms with Crippen molar-refractivity contribution in [3.05, 3.63) is 115 Å². The molecule has 0 N–H and O–H groups in total. The summed E-state index contributed by atoms with van der Waals surface area (Å²) >= 11 is 0. The third kappa shape index (κ3) is 3.41. The van der Waals surface area contributed by atoms with Gasteiger partial charge in [-0.3, -0.25) is 0 Å². The molecule has 1 aromatic heterocycles. The molecule has 0 aliphatic rings. The number of furan rings is 1. The second kappa shape index (κ2) is 7.33. The van der Waals surface area contributed by atoms with E-state index in [9.17, 15) is 0 Å². The first-order valence-corrected chi connectivity index (χ1v) is 9.79. The molecule has 5 aromatic rings. The Morgan fingerprint density at radius 2 is 1.17 bits per heavy atom. The van der Waals surface area contributed by atoms with E-state index in [1.165, 1.54) is 5.56 Å². The molecule has 0 fully saturated rings. The van der Waals surface area contributed by atoms with Crippen molar-refractivity contribution >= 4 is 28.0 Å². The highest BCUT2D eigenvalue weighted by atomic mass is 16.3. The predicted octanol–water partition coefficient (Wildman–Crippen LogP) is 7.88. The fraction of sp³-hybridized carbons (Fsp3) is 0.0370. The average molecular weight is 375 g/mol. The van der Waals surface area contributed by atoms with Crippen molar-refractivity contribution in [3.8, 4) is 11.3 Å². The van der Waals surface area contributed by atoms with E-state index in [1.807, 2.05) is 12.1 Å². The van der Waals surface area contributed by atoms with Crippen LogP contribution in [0.15, 0.2) is 114 Å². The van der Waals surface area contributed by atoms with Crippen molar-refractivity contribution in [3.63, 3.8) is 0 Å². The molecule has 2 nitrogen and oxygen atoms in total. The van der Waals surface area contributed by atoms with Gasteiger partial charge in [0.25, 0.3) is 0 Å². The second-order valence-electron chi connectivity index (χ2n) is 7.21. The van der Waals surface area contributed by atoms with Gasteiger partial charge in [-0.25, -0.2) is 0 Å². The number of fused-ring (bicyclic) bond motifs is 1. The first-order valence-electron chi connectivity index (χ1n) is 9.79. The lowest BCUT2D eigenvalue weighted by molar-refractivity contribution is 0.631. The Balaban J connectivity index is 1.54. The molecule has 2 heteroatoms. The van der Waals surface area contributed by atoms with E-state index in [4.69, 9.17) is 4.42 Å². The highest BCUT2D eigenvalue weighted by Crippen LogP contribution is 2.36. The lowest BCUT2D eigenvalue weighted by Gasteiger charge is -2.25. The van der Waals surface area contributed by atoms with Crippen molar-refractivity contribution in [2.24, 2.45) is 0 Å². The molecule has 0 unspecified atom stereocenters. The molecule has 5 rings (SSSR count). The fourth-order valence-electron chi connectivity index (χ4n) is 3.66. The number of anilines is 3. The molecule has 29 heavy (non-hydrogen) atoms. The van der Waals surface area contributed by atoms with Crippen LogP contribution >= 0.6 is 0 Å². The lowest BCUT2D eigenvalue weighted by Crippen LogP contribution is -2.09.